The van der Waals surface area contributed by atoms with Crippen molar-refractivity contribution >= 4 is 5.95 Å². The molecule has 0 saturated heterocycles. The van der Waals surface area contributed by atoms with Gasteiger partial charge < -0.3 is 10.0 Å². The van der Waals surface area contributed by atoms with Crippen molar-refractivity contribution in [2.24, 2.45) is 0 Å². The topological polar surface area (TPSA) is 49.2 Å². The average molecular weight is 221 g/mol. The third-order valence-corrected chi connectivity index (χ3v) is 2.87. The quantitative estimate of drug-likeness (QED) is 0.795. The minimum Gasteiger partial charge on any atom is -0.392 e. The highest BCUT2D eigenvalue weighted by atomic mass is 16.3. The number of rotatable bonds is 6. The van der Waals surface area contributed by atoms with E-state index in [9.17, 15) is 0 Å². The molecule has 1 aliphatic rings. The zero-order valence-electron chi connectivity index (χ0n) is 9.76. The van der Waals surface area contributed by atoms with E-state index in [1.807, 2.05) is 0 Å². The van der Waals surface area contributed by atoms with Crippen LogP contribution in [0.3, 0.4) is 0 Å². The van der Waals surface area contributed by atoms with Crippen molar-refractivity contribution in [2.45, 2.75) is 45.3 Å². The molecule has 88 valence electrons. The maximum atomic E-state index is 8.94. The second kappa shape index (κ2) is 5.25. The molecule has 0 amide bonds. The molecular weight excluding hydrogens is 202 g/mol. The summed E-state index contributed by atoms with van der Waals surface area (Å²) < 4.78 is 0. The molecule has 0 spiro atoms. The second-order valence-electron chi connectivity index (χ2n) is 4.33. The Labute approximate surface area is 96.3 Å². The van der Waals surface area contributed by atoms with E-state index in [4.69, 9.17) is 5.11 Å². The highest BCUT2D eigenvalue weighted by molar-refractivity contribution is 5.33. The first-order valence-electron chi connectivity index (χ1n) is 6.03. The summed E-state index contributed by atoms with van der Waals surface area (Å²) in [5.41, 5.74) is 0.773. The van der Waals surface area contributed by atoms with Gasteiger partial charge in [-0.3, -0.25) is 0 Å². The molecule has 1 fully saturated rings. The van der Waals surface area contributed by atoms with Crippen LogP contribution >= 0.6 is 0 Å². The molecule has 1 aromatic heterocycles. The van der Waals surface area contributed by atoms with Gasteiger partial charge in [0.15, 0.2) is 0 Å². The Kier molecular flexibility index (Phi) is 3.72. The summed E-state index contributed by atoms with van der Waals surface area (Å²) in [6.07, 6.45) is 8.32. The van der Waals surface area contributed by atoms with Gasteiger partial charge >= 0.3 is 0 Å². The highest BCUT2D eigenvalue weighted by Crippen LogP contribution is 2.29. The maximum Gasteiger partial charge on any atom is 0.225 e. The summed E-state index contributed by atoms with van der Waals surface area (Å²) in [5, 5.41) is 8.94. The third kappa shape index (κ3) is 2.70. The van der Waals surface area contributed by atoms with Gasteiger partial charge in [-0.2, -0.15) is 0 Å². The van der Waals surface area contributed by atoms with Crippen LogP contribution in [0.5, 0.6) is 0 Å². The van der Waals surface area contributed by atoms with Crippen LogP contribution in [-0.4, -0.2) is 27.7 Å². The molecule has 0 bridgehead atoms. The number of aromatic nitrogens is 2. The third-order valence-electron chi connectivity index (χ3n) is 2.87. The number of aliphatic hydroxyl groups excluding tert-OH is 1. The minimum absolute atomic E-state index is 0.0126. The van der Waals surface area contributed by atoms with Crippen LogP contribution < -0.4 is 4.90 Å². The van der Waals surface area contributed by atoms with Crippen molar-refractivity contribution < 1.29 is 5.11 Å². The van der Waals surface area contributed by atoms with Gasteiger partial charge in [0.1, 0.15) is 0 Å². The molecule has 0 atom stereocenters. The summed E-state index contributed by atoms with van der Waals surface area (Å²) in [4.78, 5) is 10.9. The fourth-order valence-electron chi connectivity index (χ4n) is 1.74. The van der Waals surface area contributed by atoms with Crippen LogP contribution in [0.25, 0.3) is 0 Å². The van der Waals surface area contributed by atoms with Gasteiger partial charge in [0, 0.05) is 30.5 Å². The fraction of sp³-hybridized carbons (Fsp3) is 0.667. The lowest BCUT2D eigenvalue weighted by molar-refractivity contribution is 0.281. The fourth-order valence-corrected chi connectivity index (χ4v) is 1.74. The first-order chi connectivity index (χ1) is 7.85. The van der Waals surface area contributed by atoms with Crippen molar-refractivity contribution in [1.29, 1.82) is 0 Å². The van der Waals surface area contributed by atoms with Gasteiger partial charge in [-0.05, 0) is 19.3 Å². The summed E-state index contributed by atoms with van der Waals surface area (Å²) in [7, 11) is 0. The molecule has 1 aromatic rings. The van der Waals surface area contributed by atoms with E-state index in [1.165, 1.54) is 25.7 Å². The lowest BCUT2D eigenvalue weighted by Gasteiger charge is -2.21. The number of hydrogen-bond donors (Lipinski definition) is 1. The molecule has 4 heteroatoms. The Morgan fingerprint density at radius 1 is 1.38 bits per heavy atom. The Morgan fingerprint density at radius 2 is 2.06 bits per heavy atom. The highest BCUT2D eigenvalue weighted by Gasteiger charge is 2.30. The molecule has 1 N–H and O–H groups in total. The lowest BCUT2D eigenvalue weighted by atomic mass is 10.3. The van der Waals surface area contributed by atoms with E-state index in [2.05, 4.69) is 21.8 Å². The largest absolute Gasteiger partial charge is 0.392 e. The predicted molar refractivity (Wildman–Crippen MR) is 63.2 cm³/mol. The van der Waals surface area contributed by atoms with Gasteiger partial charge in [-0.25, -0.2) is 9.97 Å². The van der Waals surface area contributed by atoms with Gasteiger partial charge in [-0.1, -0.05) is 13.3 Å². The van der Waals surface area contributed by atoms with Gasteiger partial charge in [0.25, 0.3) is 0 Å². The predicted octanol–water partition coefficient (Wildman–Crippen LogP) is 1.74. The molecule has 0 aromatic carbocycles. The van der Waals surface area contributed by atoms with Crippen LogP contribution in [-0.2, 0) is 6.61 Å². The number of nitrogens with zero attached hydrogens (tertiary/aromatic N) is 3. The Hall–Kier alpha value is -1.16. The van der Waals surface area contributed by atoms with E-state index >= 15 is 0 Å². The van der Waals surface area contributed by atoms with Crippen LogP contribution in [0.2, 0.25) is 0 Å². The summed E-state index contributed by atoms with van der Waals surface area (Å²) in [5.74, 6) is 0.813. The molecule has 4 nitrogen and oxygen atoms in total. The Balaban J connectivity index is 2.05. The molecule has 0 radical (unpaired) electrons. The SMILES string of the molecule is CCCCN(c1ncc(CO)cn1)C1CC1. The molecule has 1 saturated carbocycles. The van der Waals surface area contributed by atoms with E-state index in [0.29, 0.717) is 6.04 Å². The van der Waals surface area contributed by atoms with Crippen LogP contribution in [0.4, 0.5) is 5.95 Å². The average Bonchev–Trinajstić information content (AvgIpc) is 3.15. The molecule has 1 aliphatic carbocycles. The summed E-state index contributed by atoms with van der Waals surface area (Å²) in [6.45, 7) is 3.25. The van der Waals surface area contributed by atoms with E-state index in [0.717, 1.165) is 18.1 Å². The monoisotopic (exact) mass is 221 g/mol. The molecule has 2 rings (SSSR count). The number of aliphatic hydroxyl groups is 1. The van der Waals surface area contributed by atoms with Gasteiger partial charge in [0.2, 0.25) is 5.95 Å². The number of unbranched alkanes of at least 4 members (excludes halogenated alkanes) is 1. The van der Waals surface area contributed by atoms with Crippen molar-refractivity contribution in [3.8, 4) is 0 Å². The van der Waals surface area contributed by atoms with Crippen molar-refractivity contribution in [3.63, 3.8) is 0 Å². The Bertz CT molecular complexity index is 322. The van der Waals surface area contributed by atoms with Crippen molar-refractivity contribution in [2.75, 3.05) is 11.4 Å². The zero-order chi connectivity index (χ0) is 11.4. The van der Waals surface area contributed by atoms with Crippen LogP contribution in [0.15, 0.2) is 12.4 Å². The van der Waals surface area contributed by atoms with Gasteiger partial charge in [-0.15, -0.1) is 0 Å². The van der Waals surface area contributed by atoms with Crippen LogP contribution in [0, 0.1) is 0 Å². The van der Waals surface area contributed by atoms with Crippen molar-refractivity contribution in [3.05, 3.63) is 18.0 Å². The molecule has 0 aliphatic heterocycles. The smallest absolute Gasteiger partial charge is 0.225 e. The van der Waals surface area contributed by atoms with Crippen LogP contribution in [0.1, 0.15) is 38.2 Å². The number of hydrogen-bond acceptors (Lipinski definition) is 4. The van der Waals surface area contributed by atoms with E-state index in [-0.39, 0.29) is 6.61 Å². The normalized spacial score (nSPS) is 15.1. The van der Waals surface area contributed by atoms with E-state index in [1.54, 1.807) is 12.4 Å². The molecular formula is C12H19N3O. The minimum atomic E-state index is 0.0126. The first kappa shape index (κ1) is 11.3. The summed E-state index contributed by atoms with van der Waals surface area (Å²) >= 11 is 0. The zero-order valence-corrected chi connectivity index (χ0v) is 9.76. The van der Waals surface area contributed by atoms with Crippen molar-refractivity contribution in [1.82, 2.24) is 9.97 Å². The molecule has 0 unspecified atom stereocenters. The molecule has 1 heterocycles. The standard InChI is InChI=1S/C12H19N3O/c1-2-3-6-15(11-4-5-11)12-13-7-10(9-16)8-14-12/h7-8,11,16H,2-6,9H2,1H3. The van der Waals surface area contributed by atoms with Gasteiger partial charge in [0.05, 0.1) is 6.61 Å². The summed E-state index contributed by atoms with van der Waals surface area (Å²) in [6, 6.07) is 0.645. The van der Waals surface area contributed by atoms with E-state index < -0.39 is 0 Å². The molecule has 16 heavy (non-hydrogen) atoms. The number of anilines is 1. The first-order valence-corrected chi connectivity index (χ1v) is 6.03. The maximum absolute atomic E-state index is 8.94. The Morgan fingerprint density at radius 3 is 2.56 bits per heavy atom. The lowest BCUT2D eigenvalue weighted by Crippen LogP contribution is -2.28. The second-order valence-corrected chi connectivity index (χ2v) is 4.33.